The van der Waals surface area contributed by atoms with Crippen molar-refractivity contribution in [1.82, 2.24) is 14.8 Å². The third-order valence-electron chi connectivity index (χ3n) is 4.35. The molecule has 3 N–H and O–H groups in total. The molecule has 2 heterocycles. The highest BCUT2D eigenvalue weighted by molar-refractivity contribution is 5.92. The number of hydrogen-bond acceptors (Lipinski definition) is 3. The van der Waals surface area contributed by atoms with Gasteiger partial charge in [-0.15, -0.1) is 0 Å². The van der Waals surface area contributed by atoms with Crippen molar-refractivity contribution >= 4 is 11.6 Å². The van der Waals surface area contributed by atoms with Gasteiger partial charge < -0.3 is 11.1 Å². The Bertz CT molecular complexity index is 898. The zero-order valence-corrected chi connectivity index (χ0v) is 13.9. The average molecular weight is 332 g/mol. The fourth-order valence-corrected chi connectivity index (χ4v) is 3.10. The number of anilines is 1. The number of benzene rings is 1. The zero-order chi connectivity index (χ0) is 17.1. The summed E-state index contributed by atoms with van der Waals surface area (Å²) in [4.78, 5) is 8.75. The summed E-state index contributed by atoms with van der Waals surface area (Å²) in [5.74, 6) is 1.18. The molecule has 1 aromatic carbocycles. The first-order valence-corrected chi connectivity index (χ1v) is 8.42. The van der Waals surface area contributed by atoms with Gasteiger partial charge in [0, 0.05) is 24.3 Å². The first-order chi connectivity index (χ1) is 12.3. The highest BCUT2D eigenvalue weighted by Crippen LogP contribution is 2.24. The van der Waals surface area contributed by atoms with Crippen molar-refractivity contribution in [3.05, 3.63) is 71.7 Å². The van der Waals surface area contributed by atoms with E-state index >= 15 is 0 Å². The number of hydrogen-bond donors (Lipinski definition) is 2. The van der Waals surface area contributed by atoms with Gasteiger partial charge in [0.1, 0.15) is 0 Å². The highest BCUT2D eigenvalue weighted by atomic mass is 15.3. The topological polar surface area (TPSA) is 81.1 Å². The van der Waals surface area contributed by atoms with E-state index in [1.165, 1.54) is 24.0 Å². The number of nitrogens with one attached hydrogen (secondary N) is 1. The Kier molecular flexibility index (Phi) is 4.16. The minimum absolute atomic E-state index is 0.412. The molecule has 2 aromatic heterocycles. The van der Waals surface area contributed by atoms with Crippen LogP contribution < -0.4 is 11.1 Å². The molecule has 25 heavy (non-hydrogen) atoms. The predicted octanol–water partition coefficient (Wildman–Crippen LogP) is 2.68. The van der Waals surface area contributed by atoms with Crippen molar-refractivity contribution in [2.45, 2.75) is 25.8 Å². The molecule has 0 atom stereocenters. The molecule has 0 amide bonds. The zero-order valence-electron chi connectivity index (χ0n) is 13.9. The molecule has 4 rings (SSSR count). The van der Waals surface area contributed by atoms with Crippen LogP contribution in [-0.4, -0.2) is 20.7 Å². The number of aromatic nitrogens is 3. The number of pyridine rings is 1. The molecule has 0 bridgehead atoms. The molecular weight excluding hydrogens is 312 g/mol. The molecule has 1 aliphatic carbocycles. The predicted molar refractivity (Wildman–Crippen MR) is 98.8 cm³/mol. The minimum atomic E-state index is 0.412. The largest absolute Gasteiger partial charge is 0.370 e. The van der Waals surface area contributed by atoms with Gasteiger partial charge in [-0.25, -0.2) is 14.7 Å². The van der Waals surface area contributed by atoms with Crippen LogP contribution in [0.1, 0.15) is 23.1 Å². The Morgan fingerprint density at radius 3 is 2.96 bits per heavy atom. The van der Waals surface area contributed by atoms with Gasteiger partial charge >= 0.3 is 0 Å². The Hall–Kier alpha value is -3.15. The molecule has 0 aliphatic heterocycles. The van der Waals surface area contributed by atoms with Crippen LogP contribution in [0.4, 0.5) is 5.69 Å². The summed E-state index contributed by atoms with van der Waals surface area (Å²) in [5, 5.41) is 7.37. The first kappa shape index (κ1) is 15.4. The lowest BCUT2D eigenvalue weighted by molar-refractivity contribution is 0.841. The number of guanidine groups is 1. The van der Waals surface area contributed by atoms with Gasteiger partial charge in [0.2, 0.25) is 0 Å². The molecule has 6 nitrogen and oxygen atoms in total. The van der Waals surface area contributed by atoms with Gasteiger partial charge in [-0.3, -0.25) is 0 Å². The fourth-order valence-electron chi connectivity index (χ4n) is 3.10. The third-order valence-corrected chi connectivity index (χ3v) is 4.35. The van der Waals surface area contributed by atoms with Gasteiger partial charge in [-0.1, -0.05) is 6.07 Å². The number of nitrogens with two attached hydrogens (primary N) is 1. The normalized spacial score (nSPS) is 13.7. The summed E-state index contributed by atoms with van der Waals surface area (Å²) in [5.41, 5.74) is 10.9. The smallest absolute Gasteiger partial charge is 0.193 e. The van der Waals surface area contributed by atoms with Gasteiger partial charge in [-0.05, 0) is 66.3 Å². The van der Waals surface area contributed by atoms with Crippen molar-refractivity contribution in [1.29, 1.82) is 0 Å². The molecule has 0 saturated heterocycles. The lowest BCUT2D eigenvalue weighted by Crippen LogP contribution is -2.22. The number of aliphatic imine (C=N–C) groups is 1. The standard InChI is InChI=1S/C19H20N6/c20-19(24-17-6-5-15-3-1-4-16(15)12-17)22-13-14-7-9-21-18(11-14)25-10-2-8-23-25/h2,5-12H,1,3-4,13H2,(H3,20,22,24). The summed E-state index contributed by atoms with van der Waals surface area (Å²) < 4.78 is 1.72. The second-order valence-corrected chi connectivity index (χ2v) is 6.14. The van der Waals surface area contributed by atoms with Crippen LogP contribution in [0.15, 0.2) is 60.0 Å². The van der Waals surface area contributed by atoms with E-state index in [2.05, 4.69) is 38.6 Å². The lowest BCUT2D eigenvalue weighted by atomic mass is 10.1. The summed E-state index contributed by atoms with van der Waals surface area (Å²) in [6, 6.07) is 12.2. The molecule has 0 radical (unpaired) electrons. The monoisotopic (exact) mass is 332 g/mol. The van der Waals surface area contributed by atoms with E-state index in [1.54, 1.807) is 17.1 Å². The fraction of sp³-hybridized carbons (Fsp3) is 0.211. The number of rotatable bonds is 4. The molecule has 0 unspecified atom stereocenters. The van der Waals surface area contributed by atoms with Crippen LogP contribution in [0.2, 0.25) is 0 Å². The first-order valence-electron chi connectivity index (χ1n) is 8.42. The van der Waals surface area contributed by atoms with E-state index in [0.717, 1.165) is 23.5 Å². The highest BCUT2D eigenvalue weighted by Gasteiger charge is 2.10. The number of fused-ring (bicyclic) bond motifs is 1. The Morgan fingerprint density at radius 1 is 1.16 bits per heavy atom. The van der Waals surface area contributed by atoms with Crippen LogP contribution in [0, 0.1) is 0 Å². The summed E-state index contributed by atoms with van der Waals surface area (Å²) >= 11 is 0. The third kappa shape index (κ3) is 3.52. The van der Waals surface area contributed by atoms with E-state index in [9.17, 15) is 0 Å². The van der Waals surface area contributed by atoms with Crippen LogP contribution in [-0.2, 0) is 19.4 Å². The molecular formula is C19H20N6. The van der Waals surface area contributed by atoms with Gasteiger partial charge in [0.25, 0.3) is 0 Å². The average Bonchev–Trinajstić information content (AvgIpc) is 3.31. The van der Waals surface area contributed by atoms with E-state index in [-0.39, 0.29) is 0 Å². The number of nitrogens with zero attached hydrogens (tertiary/aromatic N) is 4. The maximum atomic E-state index is 6.04. The maximum absolute atomic E-state index is 6.04. The summed E-state index contributed by atoms with van der Waals surface area (Å²) in [6.45, 7) is 0.487. The summed E-state index contributed by atoms with van der Waals surface area (Å²) in [6.07, 6.45) is 8.91. The lowest BCUT2D eigenvalue weighted by Gasteiger charge is -2.08. The second-order valence-electron chi connectivity index (χ2n) is 6.14. The Balaban J connectivity index is 1.44. The van der Waals surface area contributed by atoms with Crippen molar-refractivity contribution in [2.24, 2.45) is 10.7 Å². The molecule has 3 aromatic rings. The van der Waals surface area contributed by atoms with Crippen molar-refractivity contribution in [3.63, 3.8) is 0 Å². The molecule has 0 spiro atoms. The van der Waals surface area contributed by atoms with Gasteiger partial charge in [0.15, 0.2) is 11.8 Å². The van der Waals surface area contributed by atoms with Gasteiger partial charge in [-0.2, -0.15) is 5.10 Å². The molecule has 126 valence electrons. The van der Waals surface area contributed by atoms with Gasteiger partial charge in [0.05, 0.1) is 6.54 Å². The van der Waals surface area contributed by atoms with Crippen LogP contribution >= 0.6 is 0 Å². The summed E-state index contributed by atoms with van der Waals surface area (Å²) in [7, 11) is 0. The maximum Gasteiger partial charge on any atom is 0.193 e. The van der Waals surface area contributed by atoms with Crippen molar-refractivity contribution in [3.8, 4) is 5.82 Å². The Labute approximate surface area is 146 Å². The SMILES string of the molecule is NC(=NCc1ccnc(-n2cccn2)c1)Nc1ccc2c(c1)CCC2. The van der Waals surface area contributed by atoms with E-state index in [1.807, 2.05) is 24.4 Å². The van der Waals surface area contributed by atoms with Crippen LogP contribution in [0.5, 0.6) is 0 Å². The van der Waals surface area contributed by atoms with Crippen LogP contribution in [0.25, 0.3) is 5.82 Å². The van der Waals surface area contributed by atoms with Crippen molar-refractivity contribution < 1.29 is 0 Å². The molecule has 0 saturated carbocycles. The Morgan fingerprint density at radius 2 is 2.08 bits per heavy atom. The molecule has 0 fully saturated rings. The van der Waals surface area contributed by atoms with Crippen LogP contribution in [0.3, 0.4) is 0 Å². The molecule has 6 heteroatoms. The minimum Gasteiger partial charge on any atom is -0.370 e. The quantitative estimate of drug-likeness (QED) is 0.568. The van der Waals surface area contributed by atoms with E-state index in [0.29, 0.717) is 12.5 Å². The number of aryl methyl sites for hydroxylation is 2. The van der Waals surface area contributed by atoms with Crippen molar-refractivity contribution in [2.75, 3.05) is 5.32 Å². The van der Waals surface area contributed by atoms with E-state index in [4.69, 9.17) is 5.73 Å². The van der Waals surface area contributed by atoms with E-state index < -0.39 is 0 Å². The second kappa shape index (κ2) is 6.76. The molecule has 1 aliphatic rings.